The second-order valence-corrected chi connectivity index (χ2v) is 8.22. The molecule has 0 fully saturated rings. The summed E-state index contributed by atoms with van der Waals surface area (Å²) in [7, 11) is -0.0264. The van der Waals surface area contributed by atoms with Gasteiger partial charge < -0.3 is 4.90 Å². The van der Waals surface area contributed by atoms with Crippen LogP contribution in [-0.4, -0.2) is 32.5 Å². The Balaban J connectivity index is 2.27. The lowest BCUT2D eigenvalue weighted by atomic mass is 9.87. The van der Waals surface area contributed by atoms with Crippen molar-refractivity contribution in [3.8, 4) is 0 Å². The summed E-state index contributed by atoms with van der Waals surface area (Å²) in [4.78, 5) is 10.0. The van der Waals surface area contributed by atoms with Gasteiger partial charge in [-0.3, -0.25) is 4.72 Å². The molecule has 6 nitrogen and oxygen atoms in total. The molecule has 0 saturated heterocycles. The second-order valence-electron chi connectivity index (χ2n) is 6.54. The van der Waals surface area contributed by atoms with Crippen molar-refractivity contribution in [2.45, 2.75) is 31.1 Å². The fourth-order valence-electron chi connectivity index (χ4n) is 1.98. The Bertz CT molecular complexity index is 778. The fraction of sp³-hybridized carbons (Fsp3) is 0.375. The molecule has 0 aliphatic carbocycles. The maximum Gasteiger partial charge on any atom is 0.263 e. The SMILES string of the molecule is CN(C)c1cc(NS(=O)(=O)c2ccc(C(C)(C)C)cc2)ncn1. The van der Waals surface area contributed by atoms with Gasteiger partial charge in [0, 0.05) is 20.2 Å². The molecule has 1 aromatic carbocycles. The molecule has 0 atom stereocenters. The van der Waals surface area contributed by atoms with Gasteiger partial charge in [0.2, 0.25) is 0 Å². The van der Waals surface area contributed by atoms with Crippen molar-refractivity contribution in [3.63, 3.8) is 0 Å². The van der Waals surface area contributed by atoms with Crippen molar-refractivity contribution in [2.24, 2.45) is 0 Å². The molecular weight excluding hydrogens is 312 g/mol. The quantitative estimate of drug-likeness (QED) is 0.930. The van der Waals surface area contributed by atoms with Crippen LogP contribution in [0, 0.1) is 0 Å². The van der Waals surface area contributed by atoms with Gasteiger partial charge in [0.25, 0.3) is 10.0 Å². The van der Waals surface area contributed by atoms with E-state index in [4.69, 9.17) is 0 Å². The normalized spacial score (nSPS) is 12.0. The van der Waals surface area contributed by atoms with Crippen LogP contribution in [0.4, 0.5) is 11.6 Å². The van der Waals surface area contributed by atoms with Gasteiger partial charge in [-0.1, -0.05) is 32.9 Å². The number of hydrogen-bond acceptors (Lipinski definition) is 5. The third kappa shape index (κ3) is 4.19. The Hall–Kier alpha value is -2.15. The summed E-state index contributed by atoms with van der Waals surface area (Å²) in [6, 6.07) is 8.47. The largest absolute Gasteiger partial charge is 0.363 e. The molecule has 2 aromatic rings. The number of nitrogens with zero attached hydrogens (tertiary/aromatic N) is 3. The zero-order valence-corrected chi connectivity index (χ0v) is 14.8. The lowest BCUT2D eigenvalue weighted by molar-refractivity contribution is 0.587. The summed E-state index contributed by atoms with van der Waals surface area (Å²) in [5, 5.41) is 0. The molecule has 2 rings (SSSR count). The van der Waals surface area contributed by atoms with E-state index in [0.29, 0.717) is 5.82 Å². The van der Waals surface area contributed by atoms with E-state index < -0.39 is 10.0 Å². The number of nitrogens with one attached hydrogen (secondary N) is 1. The highest BCUT2D eigenvalue weighted by Crippen LogP contribution is 2.24. The predicted molar refractivity (Wildman–Crippen MR) is 92.3 cm³/mol. The smallest absolute Gasteiger partial charge is 0.263 e. The first kappa shape index (κ1) is 17.2. The van der Waals surface area contributed by atoms with Crippen LogP contribution in [0.5, 0.6) is 0 Å². The molecule has 1 N–H and O–H groups in total. The highest BCUT2D eigenvalue weighted by Gasteiger charge is 2.18. The molecular formula is C16H22N4O2S. The molecule has 0 spiro atoms. The number of rotatable bonds is 4. The zero-order chi connectivity index (χ0) is 17.3. The van der Waals surface area contributed by atoms with E-state index in [2.05, 4.69) is 35.5 Å². The van der Waals surface area contributed by atoms with Crippen LogP contribution in [0.15, 0.2) is 41.6 Å². The number of sulfonamides is 1. The van der Waals surface area contributed by atoms with Crippen LogP contribution in [-0.2, 0) is 15.4 Å². The number of aromatic nitrogens is 2. The lowest BCUT2D eigenvalue weighted by Gasteiger charge is -2.19. The van der Waals surface area contributed by atoms with Crippen molar-refractivity contribution in [3.05, 3.63) is 42.2 Å². The molecule has 1 aromatic heterocycles. The minimum Gasteiger partial charge on any atom is -0.363 e. The Kier molecular flexibility index (Phi) is 4.61. The van der Waals surface area contributed by atoms with Gasteiger partial charge in [-0.25, -0.2) is 18.4 Å². The average molecular weight is 334 g/mol. The van der Waals surface area contributed by atoms with Gasteiger partial charge in [-0.05, 0) is 23.1 Å². The van der Waals surface area contributed by atoms with Crippen LogP contribution >= 0.6 is 0 Å². The van der Waals surface area contributed by atoms with Crippen molar-refractivity contribution in [1.29, 1.82) is 0 Å². The maximum absolute atomic E-state index is 12.5. The molecule has 1 heterocycles. The Labute approximate surface area is 137 Å². The van der Waals surface area contributed by atoms with Crippen LogP contribution in [0.3, 0.4) is 0 Å². The molecule has 0 aliphatic rings. The molecule has 124 valence electrons. The first-order valence-electron chi connectivity index (χ1n) is 7.22. The second kappa shape index (κ2) is 6.16. The maximum atomic E-state index is 12.5. The molecule has 23 heavy (non-hydrogen) atoms. The van der Waals surface area contributed by atoms with E-state index in [0.717, 1.165) is 5.56 Å². The fourth-order valence-corrected chi connectivity index (χ4v) is 2.98. The van der Waals surface area contributed by atoms with Crippen LogP contribution in [0.25, 0.3) is 0 Å². The minimum atomic E-state index is -3.68. The third-order valence-corrected chi connectivity index (χ3v) is 4.75. The summed E-state index contributed by atoms with van der Waals surface area (Å²) >= 11 is 0. The highest BCUT2D eigenvalue weighted by atomic mass is 32.2. The van der Waals surface area contributed by atoms with E-state index in [1.165, 1.54) is 6.33 Å². The van der Waals surface area contributed by atoms with Gasteiger partial charge in [0.05, 0.1) is 4.90 Å². The summed E-state index contributed by atoms with van der Waals surface area (Å²) in [6.07, 6.45) is 1.33. The summed E-state index contributed by atoms with van der Waals surface area (Å²) < 4.78 is 27.4. The van der Waals surface area contributed by atoms with Gasteiger partial charge >= 0.3 is 0 Å². The Morgan fingerprint density at radius 1 is 1.04 bits per heavy atom. The monoisotopic (exact) mass is 334 g/mol. The van der Waals surface area contributed by atoms with Crippen molar-refractivity contribution in [2.75, 3.05) is 23.7 Å². The summed E-state index contributed by atoms with van der Waals surface area (Å²) in [6.45, 7) is 6.25. The summed E-state index contributed by atoms with van der Waals surface area (Å²) in [5.41, 5.74) is 1.05. The van der Waals surface area contributed by atoms with E-state index in [9.17, 15) is 8.42 Å². The Morgan fingerprint density at radius 3 is 2.17 bits per heavy atom. The molecule has 0 radical (unpaired) electrons. The van der Waals surface area contributed by atoms with Crippen molar-refractivity contribution in [1.82, 2.24) is 9.97 Å². The van der Waals surface area contributed by atoms with Crippen LogP contribution in [0.2, 0.25) is 0 Å². The van der Waals surface area contributed by atoms with Crippen molar-refractivity contribution >= 4 is 21.7 Å². The molecule has 0 unspecified atom stereocenters. The molecule has 0 amide bonds. The van der Waals surface area contributed by atoms with E-state index in [-0.39, 0.29) is 16.1 Å². The van der Waals surface area contributed by atoms with E-state index >= 15 is 0 Å². The zero-order valence-electron chi connectivity index (χ0n) is 14.0. The molecule has 0 saturated carbocycles. The number of hydrogen-bond donors (Lipinski definition) is 1. The van der Waals surface area contributed by atoms with E-state index in [1.54, 1.807) is 23.1 Å². The first-order chi connectivity index (χ1) is 10.6. The van der Waals surface area contributed by atoms with Crippen LogP contribution in [0.1, 0.15) is 26.3 Å². The lowest BCUT2D eigenvalue weighted by Crippen LogP contribution is -2.17. The standard InChI is InChI=1S/C16H22N4O2S/c1-16(2,3)12-6-8-13(9-7-12)23(21,22)19-14-10-15(20(4)5)18-11-17-14/h6-11H,1-5H3,(H,17,18,19). The first-order valence-corrected chi connectivity index (χ1v) is 8.71. The topological polar surface area (TPSA) is 75.2 Å². The molecule has 0 bridgehead atoms. The Morgan fingerprint density at radius 2 is 1.65 bits per heavy atom. The minimum absolute atomic E-state index is 0.0248. The van der Waals surface area contributed by atoms with Crippen LogP contribution < -0.4 is 9.62 Å². The summed E-state index contributed by atoms with van der Waals surface area (Å²) in [5.74, 6) is 0.865. The van der Waals surface area contributed by atoms with Gasteiger partial charge in [-0.15, -0.1) is 0 Å². The van der Waals surface area contributed by atoms with Gasteiger partial charge in [-0.2, -0.15) is 0 Å². The highest BCUT2D eigenvalue weighted by molar-refractivity contribution is 7.92. The predicted octanol–water partition coefficient (Wildman–Crippen LogP) is 2.64. The van der Waals surface area contributed by atoms with Crippen molar-refractivity contribution < 1.29 is 8.42 Å². The number of benzene rings is 1. The van der Waals surface area contributed by atoms with Gasteiger partial charge in [0.15, 0.2) is 0 Å². The van der Waals surface area contributed by atoms with Gasteiger partial charge in [0.1, 0.15) is 18.0 Å². The van der Waals surface area contributed by atoms with E-state index in [1.807, 2.05) is 26.2 Å². The number of anilines is 2. The average Bonchev–Trinajstić information content (AvgIpc) is 2.46. The molecule has 7 heteroatoms. The third-order valence-electron chi connectivity index (χ3n) is 3.38. The molecule has 0 aliphatic heterocycles.